The van der Waals surface area contributed by atoms with Crippen LogP contribution in [-0.4, -0.2) is 16.1 Å². The third-order valence-electron chi connectivity index (χ3n) is 3.06. The molecule has 0 radical (unpaired) electrons. The number of benzene rings is 1. The Balaban J connectivity index is 2.58. The largest absolute Gasteiger partial charge is 0.478 e. The first-order valence-electron chi connectivity index (χ1n) is 6.12. The first-order valence-corrected chi connectivity index (χ1v) is 7.00. The number of aryl methyl sites for hydroxylation is 3. The zero-order valence-corrected chi connectivity index (χ0v) is 12.4. The number of nitrogen functional groups attached to an aromatic ring is 1. The lowest BCUT2D eigenvalue weighted by Crippen LogP contribution is -2.01. The van der Waals surface area contributed by atoms with Crippen LogP contribution in [0.4, 0.5) is 5.13 Å². The number of aliphatic carboxylic acids is 1. The lowest BCUT2D eigenvalue weighted by molar-refractivity contribution is -0.130. The van der Waals surface area contributed by atoms with E-state index in [2.05, 4.69) is 4.98 Å². The van der Waals surface area contributed by atoms with Crippen molar-refractivity contribution in [1.82, 2.24) is 4.98 Å². The van der Waals surface area contributed by atoms with E-state index in [1.54, 1.807) is 11.5 Å². The van der Waals surface area contributed by atoms with Gasteiger partial charge in [0.25, 0.3) is 0 Å². The minimum absolute atomic E-state index is 0.160. The molecule has 0 saturated heterocycles. The highest BCUT2D eigenvalue weighted by molar-refractivity contribution is 7.13. The van der Waals surface area contributed by atoms with Gasteiger partial charge in [0.15, 0.2) is 5.13 Å². The van der Waals surface area contributed by atoms with Crippen molar-refractivity contribution in [2.75, 3.05) is 5.73 Å². The van der Waals surface area contributed by atoms with Crippen molar-refractivity contribution in [3.63, 3.8) is 0 Å². The molecule has 2 rings (SSSR count). The van der Waals surface area contributed by atoms with Gasteiger partial charge >= 0.3 is 5.97 Å². The van der Waals surface area contributed by atoms with E-state index in [9.17, 15) is 9.90 Å². The van der Waals surface area contributed by atoms with E-state index in [-0.39, 0.29) is 5.57 Å². The minimum atomic E-state index is -1.00. The minimum Gasteiger partial charge on any atom is -0.478 e. The standard InChI is InChI=1S/C15H16N2O2S/c1-8-4-9(2)11(10(3)5-8)6-12(14(18)19)13-7-20-15(16)17-13/h4-7H,1-3H3,(H2,16,17)(H,18,19). The average molecular weight is 288 g/mol. The van der Waals surface area contributed by atoms with Crippen LogP contribution in [0.15, 0.2) is 17.5 Å². The van der Waals surface area contributed by atoms with Gasteiger partial charge in [0, 0.05) is 5.38 Å². The highest BCUT2D eigenvalue weighted by Gasteiger charge is 2.15. The molecule has 20 heavy (non-hydrogen) atoms. The molecule has 0 unspecified atom stereocenters. The Morgan fingerprint density at radius 1 is 1.30 bits per heavy atom. The van der Waals surface area contributed by atoms with Crippen molar-refractivity contribution in [2.24, 2.45) is 0 Å². The van der Waals surface area contributed by atoms with E-state index in [0.717, 1.165) is 22.3 Å². The van der Waals surface area contributed by atoms with Crippen LogP contribution >= 0.6 is 11.3 Å². The molecule has 2 aromatic rings. The van der Waals surface area contributed by atoms with Gasteiger partial charge in [-0.25, -0.2) is 9.78 Å². The second-order valence-corrected chi connectivity index (χ2v) is 5.64. The smallest absolute Gasteiger partial charge is 0.337 e. The Labute approximate surface area is 121 Å². The Kier molecular flexibility index (Phi) is 3.90. The number of thiazole rings is 1. The first-order chi connectivity index (χ1) is 9.38. The fourth-order valence-electron chi connectivity index (χ4n) is 2.22. The van der Waals surface area contributed by atoms with Crippen LogP contribution in [0.5, 0.6) is 0 Å². The molecule has 0 bridgehead atoms. The Morgan fingerprint density at radius 2 is 1.90 bits per heavy atom. The topological polar surface area (TPSA) is 76.2 Å². The van der Waals surface area contributed by atoms with Crippen LogP contribution in [-0.2, 0) is 4.79 Å². The van der Waals surface area contributed by atoms with Crippen molar-refractivity contribution in [1.29, 1.82) is 0 Å². The van der Waals surface area contributed by atoms with E-state index in [1.165, 1.54) is 11.3 Å². The molecule has 1 heterocycles. The van der Waals surface area contributed by atoms with Gasteiger partial charge in [-0.05, 0) is 43.5 Å². The van der Waals surface area contributed by atoms with E-state index in [1.807, 2.05) is 32.9 Å². The summed E-state index contributed by atoms with van der Waals surface area (Å²) in [5.74, 6) is -1.00. The number of nitrogens with two attached hydrogens (primary N) is 1. The van der Waals surface area contributed by atoms with Gasteiger partial charge in [0.2, 0.25) is 0 Å². The normalized spacial score (nSPS) is 11.7. The predicted octanol–water partition coefficient (Wildman–Crippen LogP) is 3.28. The monoisotopic (exact) mass is 288 g/mol. The van der Waals surface area contributed by atoms with Gasteiger partial charge in [-0.2, -0.15) is 0 Å². The summed E-state index contributed by atoms with van der Waals surface area (Å²) < 4.78 is 0. The Bertz CT molecular complexity index is 679. The summed E-state index contributed by atoms with van der Waals surface area (Å²) >= 11 is 1.23. The predicted molar refractivity (Wildman–Crippen MR) is 82.7 cm³/mol. The SMILES string of the molecule is Cc1cc(C)c(C=C(C(=O)O)c2csc(N)n2)c(C)c1. The highest BCUT2D eigenvalue weighted by atomic mass is 32.1. The summed E-state index contributed by atoms with van der Waals surface area (Å²) in [6.45, 7) is 5.97. The molecule has 1 aromatic heterocycles. The number of nitrogens with zero attached hydrogens (tertiary/aromatic N) is 1. The van der Waals surface area contributed by atoms with Gasteiger partial charge in [0.05, 0.1) is 11.3 Å². The molecule has 0 aliphatic heterocycles. The zero-order chi connectivity index (χ0) is 14.9. The molecule has 0 aliphatic rings. The van der Waals surface area contributed by atoms with Gasteiger partial charge < -0.3 is 10.8 Å². The molecule has 0 spiro atoms. The number of carboxylic acid groups (broad SMARTS) is 1. The van der Waals surface area contributed by atoms with E-state index >= 15 is 0 Å². The van der Waals surface area contributed by atoms with E-state index in [0.29, 0.717) is 10.8 Å². The van der Waals surface area contributed by atoms with Crippen LogP contribution in [0.25, 0.3) is 11.6 Å². The van der Waals surface area contributed by atoms with E-state index in [4.69, 9.17) is 5.73 Å². The molecule has 3 N–H and O–H groups in total. The third-order valence-corrected chi connectivity index (χ3v) is 3.73. The number of rotatable bonds is 3. The summed E-state index contributed by atoms with van der Waals surface area (Å²) in [5, 5.41) is 11.4. The fraction of sp³-hybridized carbons (Fsp3) is 0.200. The van der Waals surface area contributed by atoms with Gasteiger partial charge in [-0.1, -0.05) is 17.7 Å². The highest BCUT2D eigenvalue weighted by Crippen LogP contribution is 2.25. The van der Waals surface area contributed by atoms with Crippen LogP contribution in [0, 0.1) is 20.8 Å². The van der Waals surface area contributed by atoms with Crippen LogP contribution in [0.1, 0.15) is 27.9 Å². The number of anilines is 1. The maximum atomic E-state index is 11.5. The molecule has 0 atom stereocenters. The van der Waals surface area contributed by atoms with Crippen LogP contribution < -0.4 is 5.73 Å². The second-order valence-electron chi connectivity index (χ2n) is 4.75. The molecule has 0 amide bonds. The van der Waals surface area contributed by atoms with Crippen molar-refractivity contribution < 1.29 is 9.90 Å². The molecule has 0 saturated carbocycles. The van der Waals surface area contributed by atoms with Gasteiger partial charge in [-0.3, -0.25) is 0 Å². The third kappa shape index (κ3) is 2.88. The molecule has 104 valence electrons. The molecule has 0 aliphatic carbocycles. The van der Waals surface area contributed by atoms with Crippen molar-refractivity contribution in [3.8, 4) is 0 Å². The lowest BCUT2D eigenvalue weighted by Gasteiger charge is -2.08. The number of hydrogen-bond acceptors (Lipinski definition) is 4. The average Bonchev–Trinajstić information content (AvgIpc) is 2.74. The summed E-state index contributed by atoms with van der Waals surface area (Å²) in [4.78, 5) is 15.5. The van der Waals surface area contributed by atoms with Crippen molar-refractivity contribution in [2.45, 2.75) is 20.8 Å². The molecule has 5 heteroatoms. The van der Waals surface area contributed by atoms with Crippen molar-refractivity contribution in [3.05, 3.63) is 45.5 Å². The molecule has 1 aromatic carbocycles. The zero-order valence-electron chi connectivity index (χ0n) is 11.6. The molecule has 4 nitrogen and oxygen atoms in total. The molecular weight excluding hydrogens is 272 g/mol. The molecule has 0 fully saturated rings. The number of carbonyl (C=O) groups is 1. The van der Waals surface area contributed by atoms with Crippen molar-refractivity contribution >= 4 is 34.1 Å². The summed E-state index contributed by atoms with van der Waals surface area (Å²) in [6.07, 6.45) is 1.67. The van der Waals surface area contributed by atoms with Gasteiger partial charge in [0.1, 0.15) is 0 Å². The molecular formula is C15H16N2O2S. The quantitative estimate of drug-likeness (QED) is 0.850. The summed E-state index contributed by atoms with van der Waals surface area (Å²) in [5.41, 5.74) is 10.3. The Hall–Kier alpha value is -2.14. The van der Waals surface area contributed by atoms with Gasteiger partial charge in [-0.15, -0.1) is 11.3 Å². The summed E-state index contributed by atoms with van der Waals surface area (Å²) in [7, 11) is 0. The first kappa shape index (κ1) is 14.3. The second kappa shape index (κ2) is 5.46. The van der Waals surface area contributed by atoms with E-state index < -0.39 is 5.97 Å². The van der Waals surface area contributed by atoms with Crippen LogP contribution in [0.2, 0.25) is 0 Å². The number of aromatic nitrogens is 1. The Morgan fingerprint density at radius 3 is 2.35 bits per heavy atom. The maximum Gasteiger partial charge on any atom is 0.337 e. The fourth-order valence-corrected chi connectivity index (χ4v) is 2.78. The lowest BCUT2D eigenvalue weighted by atomic mass is 9.97. The van der Waals surface area contributed by atoms with Crippen LogP contribution in [0.3, 0.4) is 0 Å². The summed E-state index contributed by atoms with van der Waals surface area (Å²) in [6, 6.07) is 4.07. The maximum absolute atomic E-state index is 11.5. The number of hydrogen-bond donors (Lipinski definition) is 2. The number of carboxylic acids is 1.